The lowest BCUT2D eigenvalue weighted by molar-refractivity contribution is -0.136. The van der Waals surface area contributed by atoms with Crippen molar-refractivity contribution in [2.24, 2.45) is 0 Å². The number of fused-ring (bicyclic) bond motifs is 1. The lowest BCUT2D eigenvalue weighted by Crippen LogP contribution is -2.48. The number of hydrogen-bond acceptors (Lipinski definition) is 6. The number of aromatic nitrogens is 3. The van der Waals surface area contributed by atoms with Crippen LogP contribution in [0.4, 0.5) is 19.1 Å². The predicted molar refractivity (Wildman–Crippen MR) is 152 cm³/mol. The molecule has 40 heavy (non-hydrogen) atoms. The highest BCUT2D eigenvalue weighted by molar-refractivity contribution is 5.94. The smallest absolute Gasteiger partial charge is 0.391 e. The summed E-state index contributed by atoms with van der Waals surface area (Å²) >= 11 is 0. The molecule has 2 aliphatic rings. The lowest BCUT2D eigenvalue weighted by Gasteiger charge is -2.36. The van der Waals surface area contributed by atoms with E-state index in [1.54, 1.807) is 6.20 Å². The number of alkyl halides is 3. The summed E-state index contributed by atoms with van der Waals surface area (Å²) in [6.07, 6.45) is 1.41. The van der Waals surface area contributed by atoms with E-state index in [1.807, 2.05) is 0 Å². The van der Waals surface area contributed by atoms with Gasteiger partial charge in [-0.15, -0.1) is 0 Å². The normalized spacial score (nSPS) is 22.2. The first-order valence-corrected chi connectivity index (χ1v) is 14.5. The molecule has 1 saturated carbocycles. The van der Waals surface area contributed by atoms with E-state index in [-0.39, 0.29) is 18.1 Å². The Morgan fingerprint density at radius 2 is 1.68 bits per heavy atom. The molecular weight excluding hydrogens is 517 g/mol. The molecule has 0 amide bonds. The summed E-state index contributed by atoms with van der Waals surface area (Å²) in [6.45, 7) is 11.2. The number of nitrogens with one attached hydrogen (secondary N) is 1. The molecule has 1 aliphatic heterocycles. The van der Waals surface area contributed by atoms with Crippen molar-refractivity contribution in [1.82, 2.24) is 24.3 Å². The quantitative estimate of drug-likeness (QED) is 0.361. The Morgan fingerprint density at radius 1 is 1.00 bits per heavy atom. The highest BCUT2D eigenvalue weighted by atomic mass is 19.4. The fraction of sp³-hybridized carbons (Fsp3) is 0.600. The molecule has 3 aromatic rings. The fourth-order valence-electron chi connectivity index (χ4n) is 6.05. The molecule has 1 aromatic carbocycles. The molecule has 1 aliphatic carbocycles. The van der Waals surface area contributed by atoms with Gasteiger partial charge in [0.25, 0.3) is 0 Å². The van der Waals surface area contributed by atoms with Crippen LogP contribution in [0, 0.1) is 0 Å². The third-order valence-electron chi connectivity index (χ3n) is 8.35. The molecule has 0 unspecified atom stereocenters. The van der Waals surface area contributed by atoms with Crippen molar-refractivity contribution in [3.8, 4) is 11.1 Å². The summed E-state index contributed by atoms with van der Waals surface area (Å²) < 4.78 is 40.8. The van der Waals surface area contributed by atoms with E-state index < -0.39 is 18.6 Å². The molecule has 3 heterocycles. The predicted octanol–water partition coefficient (Wildman–Crippen LogP) is 5.85. The summed E-state index contributed by atoms with van der Waals surface area (Å²) in [6, 6.07) is 8.55. The highest BCUT2D eigenvalue weighted by Gasteiger charge is 2.30. The minimum Gasteiger partial charge on any atom is -0.393 e. The second-order valence-electron chi connectivity index (χ2n) is 11.8. The van der Waals surface area contributed by atoms with Crippen LogP contribution >= 0.6 is 0 Å². The Hall–Kier alpha value is -2.69. The maximum absolute atomic E-state index is 12.9. The van der Waals surface area contributed by atoms with E-state index in [0.717, 1.165) is 74.9 Å². The van der Waals surface area contributed by atoms with Crippen LogP contribution in [0.1, 0.15) is 64.5 Å². The van der Waals surface area contributed by atoms with Gasteiger partial charge in [0.2, 0.25) is 5.95 Å². The molecule has 2 fully saturated rings. The molecule has 7 nitrogen and oxygen atoms in total. The number of rotatable bonds is 8. The SMILES string of the molecule is CC(C)N1CCN(Cc2ccc(-c3cn(C4CCC(O)CC4)c4nc(N[C@H](C)CC(F)(F)F)ncc34)cc2)CC1. The lowest BCUT2D eigenvalue weighted by atomic mass is 9.93. The van der Waals surface area contributed by atoms with Crippen molar-refractivity contribution in [1.29, 1.82) is 0 Å². The average Bonchev–Trinajstić information content (AvgIpc) is 3.27. The van der Waals surface area contributed by atoms with Crippen LogP contribution in [0.2, 0.25) is 0 Å². The maximum Gasteiger partial charge on any atom is 0.391 e. The Morgan fingerprint density at radius 3 is 2.30 bits per heavy atom. The van der Waals surface area contributed by atoms with Crippen molar-refractivity contribution >= 4 is 17.0 Å². The van der Waals surface area contributed by atoms with Gasteiger partial charge in [0.1, 0.15) is 5.65 Å². The van der Waals surface area contributed by atoms with E-state index in [2.05, 4.69) is 69.0 Å². The molecule has 5 rings (SSSR count). The van der Waals surface area contributed by atoms with Crippen LogP contribution in [-0.2, 0) is 6.54 Å². The third-order valence-corrected chi connectivity index (χ3v) is 8.35. The molecule has 2 aromatic heterocycles. The van der Waals surface area contributed by atoms with E-state index >= 15 is 0 Å². The molecule has 0 bridgehead atoms. The van der Waals surface area contributed by atoms with E-state index in [0.29, 0.717) is 11.7 Å². The van der Waals surface area contributed by atoms with Crippen molar-refractivity contribution in [2.75, 3.05) is 31.5 Å². The van der Waals surface area contributed by atoms with Crippen LogP contribution in [0.3, 0.4) is 0 Å². The minimum atomic E-state index is -4.26. The molecular formula is C30H41F3N6O. The number of nitrogens with zero attached hydrogens (tertiary/aromatic N) is 5. The molecule has 0 radical (unpaired) electrons. The van der Waals surface area contributed by atoms with Gasteiger partial charge in [-0.2, -0.15) is 18.2 Å². The van der Waals surface area contributed by atoms with Gasteiger partial charge in [0.15, 0.2) is 0 Å². The number of aliphatic hydroxyl groups excluding tert-OH is 1. The minimum absolute atomic E-state index is 0.166. The Kier molecular flexibility index (Phi) is 8.68. The topological polar surface area (TPSA) is 69.5 Å². The van der Waals surface area contributed by atoms with Crippen molar-refractivity contribution < 1.29 is 18.3 Å². The largest absolute Gasteiger partial charge is 0.393 e. The first-order chi connectivity index (χ1) is 19.1. The Bertz CT molecular complexity index is 1260. The van der Waals surface area contributed by atoms with Gasteiger partial charge in [-0.3, -0.25) is 9.80 Å². The van der Waals surface area contributed by atoms with Crippen LogP contribution in [0.15, 0.2) is 36.7 Å². The number of anilines is 1. The summed E-state index contributed by atoms with van der Waals surface area (Å²) in [5, 5.41) is 13.7. The van der Waals surface area contributed by atoms with Gasteiger partial charge in [-0.1, -0.05) is 24.3 Å². The van der Waals surface area contributed by atoms with Crippen LogP contribution in [0.5, 0.6) is 0 Å². The number of hydrogen-bond donors (Lipinski definition) is 2. The summed E-state index contributed by atoms with van der Waals surface area (Å²) in [5.41, 5.74) is 4.05. The summed E-state index contributed by atoms with van der Waals surface area (Å²) in [5.74, 6) is 0.193. The molecule has 1 atom stereocenters. The number of piperazine rings is 1. The molecule has 10 heteroatoms. The average molecular weight is 559 g/mol. The zero-order valence-corrected chi connectivity index (χ0v) is 23.7. The standard InChI is InChI=1S/C30H41F3N6O/c1-20(2)38-14-12-37(13-15-38)18-22-4-6-23(7-5-22)27-19-39(24-8-10-25(40)11-9-24)28-26(27)17-34-29(36-28)35-21(3)16-30(31,32)33/h4-7,17,19-21,24-25,40H,8-16,18H2,1-3H3,(H,34,35,36)/t21-,24?,25?/m1/s1. The van der Waals surface area contributed by atoms with Crippen LogP contribution in [0.25, 0.3) is 22.2 Å². The van der Waals surface area contributed by atoms with Crippen LogP contribution < -0.4 is 5.32 Å². The number of aliphatic hydroxyl groups is 1. The molecule has 1 saturated heterocycles. The van der Waals surface area contributed by atoms with Crippen molar-refractivity contribution in [3.05, 3.63) is 42.2 Å². The zero-order chi connectivity index (χ0) is 28.4. The van der Waals surface area contributed by atoms with Crippen LogP contribution in [-0.4, -0.2) is 80.0 Å². The third kappa shape index (κ3) is 6.95. The van der Waals surface area contributed by atoms with Gasteiger partial charge < -0.3 is 15.0 Å². The Labute approximate surface area is 234 Å². The first-order valence-electron chi connectivity index (χ1n) is 14.5. The highest BCUT2D eigenvalue weighted by Crippen LogP contribution is 2.37. The first kappa shape index (κ1) is 28.8. The zero-order valence-electron chi connectivity index (χ0n) is 23.7. The maximum atomic E-state index is 12.9. The second-order valence-corrected chi connectivity index (χ2v) is 11.8. The summed E-state index contributed by atoms with van der Waals surface area (Å²) in [4.78, 5) is 14.1. The van der Waals surface area contributed by atoms with E-state index in [9.17, 15) is 18.3 Å². The second kappa shape index (κ2) is 12.0. The van der Waals surface area contributed by atoms with Gasteiger partial charge in [-0.05, 0) is 57.6 Å². The number of halogens is 3. The Balaban J connectivity index is 1.38. The summed E-state index contributed by atoms with van der Waals surface area (Å²) in [7, 11) is 0. The number of benzene rings is 1. The van der Waals surface area contributed by atoms with Gasteiger partial charge >= 0.3 is 6.18 Å². The van der Waals surface area contributed by atoms with Gasteiger partial charge in [-0.25, -0.2) is 4.98 Å². The fourth-order valence-corrected chi connectivity index (χ4v) is 6.05. The monoisotopic (exact) mass is 558 g/mol. The molecule has 218 valence electrons. The van der Waals surface area contributed by atoms with Crippen molar-refractivity contribution in [3.63, 3.8) is 0 Å². The van der Waals surface area contributed by atoms with E-state index in [4.69, 9.17) is 4.98 Å². The van der Waals surface area contributed by atoms with E-state index in [1.165, 1.54) is 12.5 Å². The molecule has 0 spiro atoms. The van der Waals surface area contributed by atoms with Crippen molar-refractivity contribution in [2.45, 2.75) is 89.8 Å². The van der Waals surface area contributed by atoms with Gasteiger partial charge in [0, 0.05) is 74.2 Å². The van der Waals surface area contributed by atoms with Gasteiger partial charge in [0.05, 0.1) is 12.5 Å². The molecule has 2 N–H and O–H groups in total.